The van der Waals surface area contributed by atoms with E-state index in [4.69, 9.17) is 27.6 Å². The minimum Gasteiger partial charge on any atom is -0.477 e. The van der Waals surface area contributed by atoms with Crippen LogP contribution in [0.25, 0.3) is 23.2 Å². The molecule has 2 aromatic carbocycles. The largest absolute Gasteiger partial charge is 0.477 e. The molecule has 2 aromatic heterocycles. The summed E-state index contributed by atoms with van der Waals surface area (Å²) in [5.74, 6) is -0.821. The molecule has 0 fully saturated rings. The van der Waals surface area contributed by atoms with Crippen LogP contribution in [-0.2, 0) is 4.79 Å². The maximum atomic E-state index is 11.8. The Labute approximate surface area is 185 Å². The van der Waals surface area contributed by atoms with Crippen molar-refractivity contribution in [3.63, 3.8) is 0 Å². The van der Waals surface area contributed by atoms with Crippen molar-refractivity contribution in [1.82, 2.24) is 14.8 Å². The van der Waals surface area contributed by atoms with E-state index in [9.17, 15) is 9.90 Å². The first-order valence-electron chi connectivity index (χ1n) is 8.65. The molecule has 4 rings (SSSR count). The van der Waals surface area contributed by atoms with Crippen LogP contribution in [0.3, 0.4) is 0 Å². The number of aliphatic carboxylic acids is 1. The maximum absolute atomic E-state index is 11.8. The standard InChI is InChI=1S/C21H13Cl2N3O3S/c22-14-5-3-13(4-6-14)19-24-25-21(29-19)30-18(20(27)28)12-17-2-1-11-26(17)16-9-7-15(23)8-10-16/h1-12H,(H,27,28)/b18-12-. The van der Waals surface area contributed by atoms with E-state index >= 15 is 0 Å². The van der Waals surface area contributed by atoms with Crippen molar-refractivity contribution >= 4 is 47.0 Å². The van der Waals surface area contributed by atoms with Crippen molar-refractivity contribution in [1.29, 1.82) is 0 Å². The molecule has 4 aromatic rings. The Morgan fingerprint density at radius 3 is 2.33 bits per heavy atom. The van der Waals surface area contributed by atoms with Gasteiger partial charge in [0.15, 0.2) is 0 Å². The number of rotatable bonds is 6. The van der Waals surface area contributed by atoms with Crippen LogP contribution in [0.1, 0.15) is 5.69 Å². The van der Waals surface area contributed by atoms with Gasteiger partial charge in [0.1, 0.15) is 4.91 Å². The number of nitrogens with zero attached hydrogens (tertiary/aromatic N) is 3. The van der Waals surface area contributed by atoms with Crippen LogP contribution >= 0.6 is 35.0 Å². The van der Waals surface area contributed by atoms with Gasteiger partial charge in [-0.3, -0.25) is 0 Å². The van der Waals surface area contributed by atoms with E-state index in [1.54, 1.807) is 42.5 Å². The van der Waals surface area contributed by atoms with E-state index in [1.807, 2.05) is 35.0 Å². The van der Waals surface area contributed by atoms with Gasteiger partial charge in [0.2, 0.25) is 5.89 Å². The van der Waals surface area contributed by atoms with Crippen molar-refractivity contribution in [2.45, 2.75) is 5.22 Å². The molecule has 0 amide bonds. The van der Waals surface area contributed by atoms with Crippen molar-refractivity contribution in [3.8, 4) is 17.1 Å². The summed E-state index contributed by atoms with van der Waals surface area (Å²) in [7, 11) is 0. The molecule has 0 atom stereocenters. The molecule has 0 spiro atoms. The number of aromatic nitrogens is 3. The van der Waals surface area contributed by atoms with Crippen molar-refractivity contribution in [2.75, 3.05) is 0 Å². The van der Waals surface area contributed by atoms with E-state index in [0.717, 1.165) is 17.4 Å². The molecule has 0 bridgehead atoms. The number of thioether (sulfide) groups is 1. The molecule has 0 unspecified atom stereocenters. The third-order valence-corrected chi connectivity index (χ3v) is 5.43. The minimum atomic E-state index is -1.10. The van der Waals surface area contributed by atoms with Gasteiger partial charge in [-0.25, -0.2) is 4.79 Å². The van der Waals surface area contributed by atoms with Crippen LogP contribution in [0.15, 0.2) is 81.4 Å². The van der Waals surface area contributed by atoms with E-state index < -0.39 is 5.97 Å². The second kappa shape index (κ2) is 8.79. The Balaban J connectivity index is 1.61. The Morgan fingerprint density at radius 1 is 1.00 bits per heavy atom. The number of carbonyl (C=O) groups is 1. The molecule has 30 heavy (non-hydrogen) atoms. The molecule has 0 saturated heterocycles. The highest BCUT2D eigenvalue weighted by molar-refractivity contribution is 8.03. The molecule has 0 radical (unpaired) electrons. The lowest BCUT2D eigenvalue weighted by Crippen LogP contribution is -1.99. The Bertz CT molecular complexity index is 1220. The van der Waals surface area contributed by atoms with Gasteiger partial charge in [0.25, 0.3) is 5.22 Å². The molecule has 0 aliphatic heterocycles. The van der Waals surface area contributed by atoms with Crippen molar-refractivity contribution in [2.24, 2.45) is 0 Å². The fourth-order valence-electron chi connectivity index (χ4n) is 2.67. The maximum Gasteiger partial charge on any atom is 0.342 e. The molecule has 0 aliphatic rings. The van der Waals surface area contributed by atoms with Crippen LogP contribution in [0, 0.1) is 0 Å². The zero-order valence-electron chi connectivity index (χ0n) is 15.2. The normalized spacial score (nSPS) is 11.6. The predicted molar refractivity (Wildman–Crippen MR) is 117 cm³/mol. The van der Waals surface area contributed by atoms with Gasteiger partial charge in [-0.15, -0.1) is 10.2 Å². The molecule has 0 aliphatic carbocycles. The van der Waals surface area contributed by atoms with Gasteiger partial charge in [-0.1, -0.05) is 23.2 Å². The average Bonchev–Trinajstić information content (AvgIpc) is 3.38. The lowest BCUT2D eigenvalue weighted by Gasteiger charge is -2.07. The first-order chi connectivity index (χ1) is 14.5. The summed E-state index contributed by atoms with van der Waals surface area (Å²) < 4.78 is 7.46. The van der Waals surface area contributed by atoms with Gasteiger partial charge in [-0.2, -0.15) is 0 Å². The number of benzene rings is 2. The van der Waals surface area contributed by atoms with E-state index in [-0.39, 0.29) is 16.0 Å². The fraction of sp³-hybridized carbons (Fsp3) is 0. The van der Waals surface area contributed by atoms with Gasteiger partial charge in [0, 0.05) is 33.2 Å². The van der Waals surface area contributed by atoms with Crippen LogP contribution in [0.5, 0.6) is 0 Å². The van der Waals surface area contributed by atoms with Gasteiger partial charge in [0.05, 0.1) is 0 Å². The lowest BCUT2D eigenvalue weighted by molar-refractivity contribution is -0.131. The van der Waals surface area contributed by atoms with E-state index in [1.165, 1.54) is 0 Å². The number of hydrogen-bond acceptors (Lipinski definition) is 5. The molecule has 6 nitrogen and oxygen atoms in total. The quantitative estimate of drug-likeness (QED) is 0.280. The number of carboxylic acids is 1. The first kappa shape index (κ1) is 20.3. The molecular weight excluding hydrogens is 445 g/mol. The van der Waals surface area contributed by atoms with E-state index in [0.29, 0.717) is 21.3 Å². The number of halogens is 2. The molecular formula is C21H13Cl2N3O3S. The smallest absolute Gasteiger partial charge is 0.342 e. The second-order valence-electron chi connectivity index (χ2n) is 6.08. The second-order valence-corrected chi connectivity index (χ2v) is 7.94. The monoisotopic (exact) mass is 457 g/mol. The van der Waals surface area contributed by atoms with Crippen molar-refractivity contribution < 1.29 is 14.3 Å². The number of carboxylic acid groups (broad SMARTS) is 1. The third-order valence-electron chi connectivity index (χ3n) is 4.07. The van der Waals surface area contributed by atoms with Crippen LogP contribution in [0.4, 0.5) is 0 Å². The Hall–Kier alpha value is -3.00. The summed E-state index contributed by atoms with van der Waals surface area (Å²) in [6.07, 6.45) is 3.39. The highest BCUT2D eigenvalue weighted by Gasteiger charge is 2.17. The topological polar surface area (TPSA) is 81.1 Å². The molecule has 150 valence electrons. The molecule has 1 N–H and O–H groups in total. The van der Waals surface area contributed by atoms with Gasteiger partial charge >= 0.3 is 5.97 Å². The van der Waals surface area contributed by atoms with Crippen LogP contribution < -0.4 is 0 Å². The van der Waals surface area contributed by atoms with Crippen molar-refractivity contribution in [3.05, 3.63) is 87.5 Å². The molecule has 2 heterocycles. The third kappa shape index (κ3) is 4.59. The van der Waals surface area contributed by atoms with Crippen LogP contribution in [-0.4, -0.2) is 25.8 Å². The van der Waals surface area contributed by atoms with Gasteiger partial charge < -0.3 is 14.1 Å². The summed E-state index contributed by atoms with van der Waals surface area (Å²) in [5.41, 5.74) is 2.23. The number of hydrogen-bond donors (Lipinski definition) is 1. The molecule has 9 heteroatoms. The summed E-state index contributed by atoms with van der Waals surface area (Å²) in [4.78, 5) is 11.9. The first-order valence-corrected chi connectivity index (χ1v) is 10.2. The summed E-state index contributed by atoms with van der Waals surface area (Å²) in [6.45, 7) is 0. The van der Waals surface area contributed by atoms with Crippen LogP contribution in [0.2, 0.25) is 10.0 Å². The van der Waals surface area contributed by atoms with Gasteiger partial charge in [-0.05, 0) is 78.5 Å². The minimum absolute atomic E-state index is 0.0372. The highest BCUT2D eigenvalue weighted by atomic mass is 35.5. The Morgan fingerprint density at radius 2 is 1.67 bits per heavy atom. The zero-order valence-corrected chi connectivity index (χ0v) is 17.5. The molecule has 0 saturated carbocycles. The summed E-state index contributed by atoms with van der Waals surface area (Å²) in [6, 6.07) is 17.8. The predicted octanol–water partition coefficient (Wildman–Crippen LogP) is 6.05. The summed E-state index contributed by atoms with van der Waals surface area (Å²) >= 11 is 12.7. The zero-order chi connectivity index (χ0) is 21.1. The average molecular weight is 458 g/mol. The lowest BCUT2D eigenvalue weighted by atomic mass is 10.2. The summed E-state index contributed by atoms with van der Waals surface area (Å²) in [5, 5.41) is 18.9. The van der Waals surface area contributed by atoms with E-state index in [2.05, 4.69) is 10.2 Å². The highest BCUT2D eigenvalue weighted by Crippen LogP contribution is 2.31. The SMILES string of the molecule is O=C(O)/C(=C/c1cccn1-c1ccc(Cl)cc1)Sc1nnc(-c2ccc(Cl)cc2)o1. The fourth-order valence-corrected chi connectivity index (χ4v) is 3.58. The Kier molecular flexibility index (Phi) is 5.94.